The zero-order valence-electron chi connectivity index (χ0n) is 17.5. The lowest BCUT2D eigenvalue weighted by Gasteiger charge is -2.31. The third-order valence-electron chi connectivity index (χ3n) is 4.96. The zero-order chi connectivity index (χ0) is 21.0. The number of hydrogen-bond acceptors (Lipinski definition) is 5. The minimum absolute atomic E-state index is 0.0706. The number of amides is 2. The van der Waals surface area contributed by atoms with Gasteiger partial charge in [-0.1, -0.05) is 36.0 Å². The summed E-state index contributed by atoms with van der Waals surface area (Å²) in [5.41, 5.74) is 7.36. The molecule has 5 N–H and O–H groups in total. The molecule has 2 aromatic rings. The van der Waals surface area contributed by atoms with Gasteiger partial charge in [-0.2, -0.15) is 0 Å². The van der Waals surface area contributed by atoms with Crippen molar-refractivity contribution in [3.63, 3.8) is 0 Å². The number of anilines is 2. The molecule has 3 rings (SSSR count). The SMILES string of the molecule is NCCCNCCCCNCCCNC(=O)N1c2ccccc2Sc2ccccc21. The van der Waals surface area contributed by atoms with Gasteiger partial charge in [0.25, 0.3) is 0 Å². The van der Waals surface area contributed by atoms with Crippen LogP contribution in [0, 0.1) is 0 Å². The maximum absolute atomic E-state index is 13.0. The van der Waals surface area contributed by atoms with Gasteiger partial charge in [0.2, 0.25) is 0 Å². The second kappa shape index (κ2) is 12.6. The first-order valence-corrected chi connectivity index (χ1v) is 11.7. The summed E-state index contributed by atoms with van der Waals surface area (Å²) in [5, 5.41) is 9.93. The Morgan fingerprint density at radius 1 is 0.767 bits per heavy atom. The number of nitrogens with one attached hydrogen (secondary N) is 3. The van der Waals surface area contributed by atoms with Gasteiger partial charge in [0.15, 0.2) is 0 Å². The average molecular weight is 428 g/mol. The number of hydrogen-bond donors (Lipinski definition) is 4. The van der Waals surface area contributed by atoms with E-state index in [1.54, 1.807) is 16.7 Å². The highest BCUT2D eigenvalue weighted by atomic mass is 32.2. The normalized spacial score (nSPS) is 12.4. The van der Waals surface area contributed by atoms with Gasteiger partial charge >= 0.3 is 6.03 Å². The number of benzene rings is 2. The molecule has 0 bridgehead atoms. The van der Waals surface area contributed by atoms with E-state index in [2.05, 4.69) is 28.1 Å². The molecular weight excluding hydrogens is 394 g/mol. The fourth-order valence-electron chi connectivity index (χ4n) is 3.39. The lowest BCUT2D eigenvalue weighted by molar-refractivity contribution is 0.248. The van der Waals surface area contributed by atoms with E-state index in [0.717, 1.165) is 73.2 Å². The smallest absolute Gasteiger partial charge is 0.326 e. The number of rotatable bonds is 12. The molecule has 7 heteroatoms. The predicted octanol–water partition coefficient (Wildman–Crippen LogP) is 3.70. The molecule has 2 aromatic carbocycles. The Bertz CT molecular complexity index is 755. The van der Waals surface area contributed by atoms with Crippen molar-refractivity contribution in [2.45, 2.75) is 35.5 Å². The molecule has 0 aliphatic carbocycles. The Balaban J connectivity index is 1.37. The number of nitrogens with two attached hydrogens (primary N) is 1. The van der Waals surface area contributed by atoms with Crippen molar-refractivity contribution >= 4 is 29.2 Å². The molecule has 1 heterocycles. The Labute approximate surface area is 184 Å². The first-order chi connectivity index (χ1) is 14.8. The summed E-state index contributed by atoms with van der Waals surface area (Å²) >= 11 is 1.71. The van der Waals surface area contributed by atoms with E-state index >= 15 is 0 Å². The number of nitrogens with zero attached hydrogens (tertiary/aromatic N) is 1. The second-order valence-corrected chi connectivity index (χ2v) is 8.39. The molecule has 1 aliphatic rings. The molecule has 0 fully saturated rings. The van der Waals surface area contributed by atoms with E-state index in [1.165, 1.54) is 6.42 Å². The molecule has 0 spiro atoms. The van der Waals surface area contributed by atoms with Crippen molar-refractivity contribution < 1.29 is 4.79 Å². The third-order valence-corrected chi connectivity index (χ3v) is 6.09. The van der Waals surface area contributed by atoms with Crippen LogP contribution in [0.15, 0.2) is 58.3 Å². The van der Waals surface area contributed by atoms with Crippen LogP contribution in [-0.4, -0.2) is 45.3 Å². The Kier molecular flexibility index (Phi) is 9.50. The first-order valence-electron chi connectivity index (χ1n) is 10.9. The number of urea groups is 1. The van der Waals surface area contributed by atoms with Crippen LogP contribution < -0.4 is 26.6 Å². The van der Waals surface area contributed by atoms with Gasteiger partial charge in [-0.25, -0.2) is 4.79 Å². The van der Waals surface area contributed by atoms with E-state index in [-0.39, 0.29) is 6.03 Å². The van der Waals surface area contributed by atoms with Gasteiger partial charge in [0.05, 0.1) is 11.4 Å². The lowest BCUT2D eigenvalue weighted by Crippen LogP contribution is -2.39. The Morgan fingerprint density at radius 3 is 1.90 bits per heavy atom. The van der Waals surface area contributed by atoms with Crippen molar-refractivity contribution in [2.24, 2.45) is 5.73 Å². The fourth-order valence-corrected chi connectivity index (χ4v) is 4.45. The van der Waals surface area contributed by atoms with Gasteiger partial charge in [-0.05, 0) is 82.7 Å². The highest BCUT2D eigenvalue weighted by Crippen LogP contribution is 2.47. The molecule has 2 amide bonds. The minimum atomic E-state index is -0.0706. The molecule has 0 atom stereocenters. The van der Waals surface area contributed by atoms with Crippen LogP contribution in [0.4, 0.5) is 16.2 Å². The molecule has 1 aliphatic heterocycles. The average Bonchev–Trinajstić information content (AvgIpc) is 2.78. The number of unbranched alkanes of at least 4 members (excludes halogenated alkanes) is 1. The fraction of sp³-hybridized carbons (Fsp3) is 0.435. The van der Waals surface area contributed by atoms with E-state index in [1.807, 2.05) is 36.4 Å². The predicted molar refractivity (Wildman–Crippen MR) is 126 cm³/mol. The van der Waals surface area contributed by atoms with Crippen LogP contribution in [0.5, 0.6) is 0 Å². The van der Waals surface area contributed by atoms with E-state index in [9.17, 15) is 4.79 Å². The summed E-state index contributed by atoms with van der Waals surface area (Å²) in [6.07, 6.45) is 4.27. The van der Waals surface area contributed by atoms with Gasteiger partial charge in [-0.15, -0.1) is 0 Å². The van der Waals surface area contributed by atoms with Gasteiger partial charge in [-0.3, -0.25) is 4.90 Å². The minimum Gasteiger partial charge on any atom is -0.337 e. The summed E-state index contributed by atoms with van der Waals surface area (Å²) in [6.45, 7) is 5.38. The van der Waals surface area contributed by atoms with Crippen LogP contribution in [-0.2, 0) is 0 Å². The van der Waals surface area contributed by atoms with Crippen molar-refractivity contribution in [3.05, 3.63) is 48.5 Å². The molecule has 0 unspecified atom stereocenters. The van der Waals surface area contributed by atoms with E-state index in [4.69, 9.17) is 5.73 Å². The molecule has 0 aromatic heterocycles. The third kappa shape index (κ3) is 6.47. The molecular formula is C23H33N5OS. The number of carbonyl (C=O) groups excluding carboxylic acids is 1. The number of fused-ring (bicyclic) bond motifs is 2. The quantitative estimate of drug-likeness (QED) is 0.388. The monoisotopic (exact) mass is 427 g/mol. The lowest BCUT2D eigenvalue weighted by atomic mass is 10.2. The number of para-hydroxylation sites is 2. The largest absolute Gasteiger partial charge is 0.337 e. The van der Waals surface area contributed by atoms with Gasteiger partial charge < -0.3 is 21.7 Å². The topological polar surface area (TPSA) is 82.4 Å². The molecule has 162 valence electrons. The van der Waals surface area contributed by atoms with Crippen LogP contribution in [0.2, 0.25) is 0 Å². The molecule has 30 heavy (non-hydrogen) atoms. The number of carbonyl (C=O) groups is 1. The zero-order valence-corrected chi connectivity index (χ0v) is 18.3. The summed E-state index contributed by atoms with van der Waals surface area (Å²) in [7, 11) is 0. The molecule has 0 saturated carbocycles. The Morgan fingerprint density at radius 2 is 1.30 bits per heavy atom. The maximum Gasteiger partial charge on any atom is 0.326 e. The maximum atomic E-state index is 13.0. The van der Waals surface area contributed by atoms with Crippen LogP contribution in [0.3, 0.4) is 0 Å². The van der Waals surface area contributed by atoms with E-state index in [0.29, 0.717) is 6.54 Å². The van der Waals surface area contributed by atoms with E-state index < -0.39 is 0 Å². The van der Waals surface area contributed by atoms with Crippen LogP contribution in [0.1, 0.15) is 25.7 Å². The van der Waals surface area contributed by atoms with Crippen molar-refractivity contribution in [1.29, 1.82) is 0 Å². The van der Waals surface area contributed by atoms with Gasteiger partial charge in [0, 0.05) is 16.3 Å². The summed E-state index contributed by atoms with van der Waals surface area (Å²) in [6, 6.07) is 16.0. The standard InChI is InChI=1S/C23H33N5OS/c24-13-7-16-25-14-5-6-15-26-17-8-18-27-23(29)28-19-9-1-3-11-21(19)30-22-12-4-2-10-20(22)28/h1-4,9-12,25-26H,5-8,13-18,24H2,(H,27,29). The first kappa shape index (κ1) is 22.6. The van der Waals surface area contributed by atoms with Gasteiger partial charge in [0.1, 0.15) is 0 Å². The Hall–Kier alpha value is -2.06. The summed E-state index contributed by atoms with van der Waals surface area (Å²) in [4.78, 5) is 17.0. The highest BCUT2D eigenvalue weighted by molar-refractivity contribution is 7.99. The van der Waals surface area contributed by atoms with Crippen molar-refractivity contribution in [2.75, 3.05) is 44.2 Å². The molecule has 0 radical (unpaired) electrons. The van der Waals surface area contributed by atoms with Crippen LogP contribution in [0.25, 0.3) is 0 Å². The highest BCUT2D eigenvalue weighted by Gasteiger charge is 2.27. The molecule has 0 saturated heterocycles. The van der Waals surface area contributed by atoms with Crippen LogP contribution >= 0.6 is 11.8 Å². The summed E-state index contributed by atoms with van der Waals surface area (Å²) in [5.74, 6) is 0. The summed E-state index contributed by atoms with van der Waals surface area (Å²) < 4.78 is 0. The van der Waals surface area contributed by atoms with Crippen molar-refractivity contribution in [3.8, 4) is 0 Å². The molecule has 6 nitrogen and oxygen atoms in total. The second-order valence-electron chi connectivity index (χ2n) is 7.31. The van der Waals surface area contributed by atoms with Crippen molar-refractivity contribution in [1.82, 2.24) is 16.0 Å².